The van der Waals surface area contributed by atoms with Gasteiger partial charge in [0.05, 0.1) is 12.1 Å². The van der Waals surface area contributed by atoms with Gasteiger partial charge in [-0.15, -0.1) is 0 Å². The molecule has 34 heavy (non-hydrogen) atoms. The lowest BCUT2D eigenvalue weighted by Crippen LogP contribution is -2.34. The van der Waals surface area contributed by atoms with Crippen LogP contribution in [0.15, 0.2) is 42.6 Å². The summed E-state index contributed by atoms with van der Waals surface area (Å²) in [4.78, 5) is 11.9. The topological polar surface area (TPSA) is 85.6 Å². The molecule has 0 aliphatic carbocycles. The van der Waals surface area contributed by atoms with Crippen molar-refractivity contribution >= 4 is 17.0 Å². The number of hydrogen-bond acceptors (Lipinski definition) is 5. The lowest BCUT2D eigenvalue weighted by atomic mass is 9.94. The first-order valence-electron chi connectivity index (χ1n) is 12.1. The van der Waals surface area contributed by atoms with Gasteiger partial charge in [0.1, 0.15) is 11.8 Å². The summed E-state index contributed by atoms with van der Waals surface area (Å²) in [6, 6.07) is 12.3. The van der Waals surface area contributed by atoms with Crippen LogP contribution >= 0.6 is 0 Å². The number of fused-ring (bicyclic) bond motifs is 1. The van der Waals surface area contributed by atoms with Crippen LogP contribution in [0.2, 0.25) is 0 Å². The molecule has 1 aliphatic rings. The SMILES string of the molecule is CC(CNC(=O)OC(C)(C)C)c1ccc(-c2ccc3nn(C4CCCCO4)cc3c2CO)cc1. The van der Waals surface area contributed by atoms with Crippen LogP contribution < -0.4 is 5.32 Å². The molecule has 3 aromatic rings. The second kappa shape index (κ2) is 10.2. The van der Waals surface area contributed by atoms with Gasteiger partial charge in [-0.3, -0.25) is 0 Å². The van der Waals surface area contributed by atoms with Gasteiger partial charge in [-0.1, -0.05) is 37.3 Å². The Labute approximate surface area is 201 Å². The third-order valence-electron chi connectivity index (χ3n) is 6.17. The molecule has 182 valence electrons. The van der Waals surface area contributed by atoms with Gasteiger partial charge in [0, 0.05) is 24.7 Å². The van der Waals surface area contributed by atoms with Gasteiger partial charge in [-0.25, -0.2) is 9.48 Å². The largest absolute Gasteiger partial charge is 0.444 e. The summed E-state index contributed by atoms with van der Waals surface area (Å²) in [5.41, 5.74) is 4.36. The van der Waals surface area contributed by atoms with Gasteiger partial charge >= 0.3 is 6.09 Å². The van der Waals surface area contributed by atoms with Gasteiger partial charge in [0.15, 0.2) is 0 Å². The minimum atomic E-state index is -0.513. The molecule has 2 N–H and O–H groups in total. The molecular formula is C27H35N3O4. The fraction of sp³-hybridized carbons (Fsp3) is 0.481. The van der Waals surface area contributed by atoms with Crippen LogP contribution in [0.3, 0.4) is 0 Å². The first-order chi connectivity index (χ1) is 16.2. The molecule has 0 spiro atoms. The molecule has 1 aromatic heterocycles. The van der Waals surface area contributed by atoms with Crippen LogP contribution in [0.5, 0.6) is 0 Å². The molecule has 0 saturated carbocycles. The maximum Gasteiger partial charge on any atom is 0.407 e. The van der Waals surface area contributed by atoms with Crippen LogP contribution in [0.25, 0.3) is 22.0 Å². The molecule has 2 heterocycles. The van der Waals surface area contributed by atoms with Crippen LogP contribution in [0.4, 0.5) is 4.79 Å². The number of carbonyl (C=O) groups is 1. The predicted molar refractivity (Wildman–Crippen MR) is 133 cm³/mol. The van der Waals surface area contributed by atoms with Crippen molar-refractivity contribution < 1.29 is 19.4 Å². The molecule has 1 fully saturated rings. The van der Waals surface area contributed by atoms with Crippen LogP contribution in [0.1, 0.15) is 70.2 Å². The number of aliphatic hydroxyl groups excluding tert-OH is 1. The summed E-state index contributed by atoms with van der Waals surface area (Å²) in [5, 5.41) is 18.7. The molecule has 7 nitrogen and oxygen atoms in total. The number of ether oxygens (including phenoxy) is 2. The first kappa shape index (κ1) is 24.2. The minimum absolute atomic E-state index is 0.0359. The van der Waals surface area contributed by atoms with E-state index in [4.69, 9.17) is 14.6 Å². The van der Waals surface area contributed by atoms with E-state index in [9.17, 15) is 9.90 Å². The number of amides is 1. The Hall–Kier alpha value is -2.90. The Morgan fingerprint density at radius 1 is 1.24 bits per heavy atom. The zero-order valence-corrected chi connectivity index (χ0v) is 20.5. The zero-order chi connectivity index (χ0) is 24.3. The van der Waals surface area contributed by atoms with Crippen molar-refractivity contribution in [3.63, 3.8) is 0 Å². The summed E-state index contributed by atoms with van der Waals surface area (Å²) in [5.74, 6) is 0.134. The van der Waals surface area contributed by atoms with Crippen molar-refractivity contribution in [2.45, 2.75) is 71.3 Å². The monoisotopic (exact) mass is 465 g/mol. The Balaban J connectivity index is 1.50. The van der Waals surface area contributed by atoms with E-state index in [-0.39, 0.29) is 18.8 Å². The molecule has 2 unspecified atom stereocenters. The number of aromatic nitrogens is 2. The van der Waals surface area contributed by atoms with Gasteiger partial charge in [0.25, 0.3) is 0 Å². The lowest BCUT2D eigenvalue weighted by Gasteiger charge is -2.22. The first-order valence-corrected chi connectivity index (χ1v) is 12.1. The van der Waals surface area contributed by atoms with E-state index in [1.165, 1.54) is 0 Å². The zero-order valence-electron chi connectivity index (χ0n) is 20.5. The molecule has 2 aromatic carbocycles. The number of benzene rings is 2. The van der Waals surface area contributed by atoms with Crippen molar-refractivity contribution in [1.29, 1.82) is 0 Å². The fourth-order valence-electron chi connectivity index (χ4n) is 4.35. The molecule has 1 saturated heterocycles. The van der Waals surface area contributed by atoms with Gasteiger partial charge in [-0.2, -0.15) is 5.10 Å². The maximum atomic E-state index is 11.9. The highest BCUT2D eigenvalue weighted by Gasteiger charge is 2.20. The molecule has 4 rings (SSSR count). The summed E-state index contributed by atoms with van der Waals surface area (Å²) >= 11 is 0. The third-order valence-corrected chi connectivity index (χ3v) is 6.17. The average molecular weight is 466 g/mol. The van der Waals surface area contributed by atoms with Crippen molar-refractivity contribution in [3.05, 3.63) is 53.7 Å². The Bertz CT molecular complexity index is 1130. The van der Waals surface area contributed by atoms with Gasteiger partial charge in [-0.05, 0) is 74.3 Å². The normalized spacial score (nSPS) is 17.5. The molecule has 0 bridgehead atoms. The average Bonchev–Trinajstić information content (AvgIpc) is 3.26. The molecule has 0 radical (unpaired) electrons. The number of alkyl carbamates (subject to hydrolysis) is 1. The number of nitrogens with one attached hydrogen (secondary N) is 1. The quantitative estimate of drug-likeness (QED) is 0.500. The fourth-order valence-corrected chi connectivity index (χ4v) is 4.35. The Morgan fingerprint density at radius 3 is 2.65 bits per heavy atom. The second-order valence-corrected chi connectivity index (χ2v) is 10.0. The minimum Gasteiger partial charge on any atom is -0.444 e. The van der Waals surface area contributed by atoms with Crippen molar-refractivity contribution in [2.24, 2.45) is 0 Å². The van der Waals surface area contributed by atoms with E-state index in [2.05, 4.69) is 36.5 Å². The van der Waals surface area contributed by atoms with E-state index < -0.39 is 11.7 Å². The van der Waals surface area contributed by atoms with Gasteiger partial charge in [0.2, 0.25) is 0 Å². The Kier molecular flexibility index (Phi) is 7.24. The summed E-state index contributed by atoms with van der Waals surface area (Å²) in [6.45, 7) is 8.80. The van der Waals surface area contributed by atoms with Crippen LogP contribution in [-0.2, 0) is 16.1 Å². The third kappa shape index (κ3) is 5.59. The summed E-state index contributed by atoms with van der Waals surface area (Å²) in [7, 11) is 0. The predicted octanol–water partition coefficient (Wildman–Crippen LogP) is 5.52. The van der Waals surface area contributed by atoms with Crippen LogP contribution in [-0.4, -0.2) is 39.7 Å². The smallest absolute Gasteiger partial charge is 0.407 e. The van der Waals surface area contributed by atoms with E-state index in [0.29, 0.717) is 6.54 Å². The maximum absolute atomic E-state index is 11.9. The summed E-state index contributed by atoms with van der Waals surface area (Å²) < 4.78 is 13.1. The number of rotatable bonds is 6. The Morgan fingerprint density at radius 2 is 2.00 bits per heavy atom. The van der Waals surface area contributed by atoms with E-state index in [1.807, 2.05) is 43.8 Å². The van der Waals surface area contributed by atoms with E-state index >= 15 is 0 Å². The van der Waals surface area contributed by atoms with Crippen molar-refractivity contribution in [3.8, 4) is 11.1 Å². The molecule has 2 atom stereocenters. The highest BCUT2D eigenvalue weighted by Crippen LogP contribution is 2.32. The van der Waals surface area contributed by atoms with E-state index in [1.54, 1.807) is 0 Å². The number of hydrogen-bond donors (Lipinski definition) is 2. The van der Waals surface area contributed by atoms with E-state index in [0.717, 1.165) is 59.0 Å². The lowest BCUT2D eigenvalue weighted by molar-refractivity contribution is -0.0390. The number of aliphatic hydroxyl groups is 1. The highest BCUT2D eigenvalue weighted by molar-refractivity contribution is 5.89. The summed E-state index contributed by atoms with van der Waals surface area (Å²) in [6.07, 6.45) is 4.74. The second-order valence-electron chi connectivity index (χ2n) is 10.0. The van der Waals surface area contributed by atoms with Crippen LogP contribution in [0, 0.1) is 0 Å². The standard InChI is InChI=1S/C27H35N3O4/c1-18(15-28-26(32)34-27(2,3)4)19-8-10-20(11-9-19)21-12-13-24-22(23(21)17-31)16-30(29-24)25-7-5-6-14-33-25/h8-13,16,18,25,31H,5-7,14-15,17H2,1-4H3,(H,28,32). The molecule has 1 amide bonds. The van der Waals surface area contributed by atoms with Gasteiger partial charge < -0.3 is 19.9 Å². The molecule has 1 aliphatic heterocycles. The highest BCUT2D eigenvalue weighted by atomic mass is 16.6. The number of nitrogens with zero attached hydrogens (tertiary/aromatic N) is 2. The van der Waals surface area contributed by atoms with Crippen molar-refractivity contribution in [1.82, 2.24) is 15.1 Å². The van der Waals surface area contributed by atoms with Crippen molar-refractivity contribution in [2.75, 3.05) is 13.2 Å². The molecule has 7 heteroatoms. The number of carbonyl (C=O) groups excluding carboxylic acids is 1. The molecular weight excluding hydrogens is 430 g/mol.